The summed E-state index contributed by atoms with van der Waals surface area (Å²) in [5, 5.41) is 1.89. The average Bonchev–Trinajstić information content (AvgIpc) is 2.82. The lowest BCUT2D eigenvalue weighted by molar-refractivity contribution is 0.199. The van der Waals surface area contributed by atoms with E-state index in [1.54, 1.807) is 7.11 Å². The first-order valence-electron chi connectivity index (χ1n) is 5.80. The van der Waals surface area contributed by atoms with Gasteiger partial charge in [-0.2, -0.15) is 0 Å². The highest BCUT2D eigenvalue weighted by Gasteiger charge is 2.10. The number of thiophene rings is 1. The fraction of sp³-hybridized carbons (Fsp3) is 0.500. The van der Waals surface area contributed by atoms with Crippen molar-refractivity contribution in [3.05, 3.63) is 21.9 Å². The van der Waals surface area contributed by atoms with Crippen molar-refractivity contribution < 1.29 is 13.2 Å². The van der Waals surface area contributed by atoms with Crippen LogP contribution in [0.1, 0.15) is 16.9 Å². The molecular weight excluding hydrogens is 284 g/mol. The monoisotopic (exact) mass is 302 g/mol. The smallest absolute Gasteiger partial charge is 0.212 e. The molecule has 0 aromatic carbocycles. The van der Waals surface area contributed by atoms with Gasteiger partial charge in [0.1, 0.15) is 0 Å². The molecule has 19 heavy (non-hydrogen) atoms. The highest BCUT2D eigenvalue weighted by Crippen LogP contribution is 2.13. The average molecular weight is 302 g/mol. The molecule has 0 spiro atoms. The van der Waals surface area contributed by atoms with Crippen LogP contribution in [0.15, 0.2) is 11.4 Å². The zero-order valence-corrected chi connectivity index (χ0v) is 12.4. The minimum atomic E-state index is -3.24. The van der Waals surface area contributed by atoms with E-state index in [1.807, 2.05) is 11.4 Å². The number of methoxy groups -OCH3 is 1. The molecule has 0 aliphatic heterocycles. The SMILES string of the molecule is COCCCS(=O)(=O)NCc1cc(C#CCN)cs1. The lowest BCUT2D eigenvalue weighted by Crippen LogP contribution is -2.26. The summed E-state index contributed by atoms with van der Waals surface area (Å²) >= 11 is 1.47. The summed E-state index contributed by atoms with van der Waals surface area (Å²) < 4.78 is 30.7. The Labute approximate surface area is 118 Å². The Morgan fingerprint density at radius 1 is 1.53 bits per heavy atom. The van der Waals surface area contributed by atoms with Crippen molar-refractivity contribution in [2.24, 2.45) is 5.73 Å². The molecule has 5 nitrogen and oxygen atoms in total. The third-order valence-electron chi connectivity index (χ3n) is 2.22. The fourth-order valence-corrected chi connectivity index (χ4v) is 3.20. The zero-order chi connectivity index (χ0) is 14.1. The summed E-state index contributed by atoms with van der Waals surface area (Å²) in [4.78, 5) is 0.927. The van der Waals surface area contributed by atoms with Crippen LogP contribution >= 0.6 is 11.3 Å². The van der Waals surface area contributed by atoms with Crippen molar-refractivity contribution >= 4 is 21.4 Å². The quantitative estimate of drug-likeness (QED) is 0.568. The van der Waals surface area contributed by atoms with Gasteiger partial charge in [0.05, 0.1) is 12.3 Å². The lowest BCUT2D eigenvalue weighted by atomic mass is 10.3. The molecule has 0 fully saturated rings. The molecule has 106 valence electrons. The number of ether oxygens (including phenoxy) is 1. The first kappa shape index (κ1) is 16.1. The first-order chi connectivity index (χ1) is 9.07. The van der Waals surface area contributed by atoms with Gasteiger partial charge in [0.15, 0.2) is 0 Å². The van der Waals surface area contributed by atoms with E-state index in [9.17, 15) is 8.42 Å². The van der Waals surface area contributed by atoms with Crippen molar-refractivity contribution in [1.82, 2.24) is 4.72 Å². The third-order valence-corrected chi connectivity index (χ3v) is 4.56. The summed E-state index contributed by atoms with van der Waals surface area (Å²) in [7, 11) is -1.69. The molecule has 0 amide bonds. The minimum Gasteiger partial charge on any atom is -0.385 e. The van der Waals surface area contributed by atoms with Crippen LogP contribution in [-0.2, 0) is 21.3 Å². The molecule has 0 aliphatic rings. The number of sulfonamides is 1. The number of nitrogens with two attached hydrogens (primary N) is 1. The van der Waals surface area contributed by atoms with Gasteiger partial charge in [0, 0.05) is 36.1 Å². The Hall–Kier alpha value is -0.910. The maximum Gasteiger partial charge on any atom is 0.212 e. The van der Waals surface area contributed by atoms with Gasteiger partial charge in [-0.1, -0.05) is 11.8 Å². The Bertz CT molecular complexity index is 541. The summed E-state index contributed by atoms with van der Waals surface area (Å²) in [5.41, 5.74) is 6.15. The van der Waals surface area contributed by atoms with Crippen LogP contribution < -0.4 is 10.5 Å². The molecule has 1 aromatic rings. The zero-order valence-electron chi connectivity index (χ0n) is 10.8. The largest absolute Gasteiger partial charge is 0.385 e. The molecule has 0 bridgehead atoms. The van der Waals surface area contributed by atoms with Gasteiger partial charge in [-0.15, -0.1) is 11.3 Å². The van der Waals surface area contributed by atoms with E-state index in [4.69, 9.17) is 10.5 Å². The topological polar surface area (TPSA) is 81.4 Å². The lowest BCUT2D eigenvalue weighted by Gasteiger charge is -2.04. The number of hydrogen-bond donors (Lipinski definition) is 2. The second-order valence-electron chi connectivity index (χ2n) is 3.79. The maximum atomic E-state index is 11.7. The number of hydrogen-bond acceptors (Lipinski definition) is 5. The van der Waals surface area contributed by atoms with E-state index in [0.717, 1.165) is 10.4 Å². The van der Waals surface area contributed by atoms with Gasteiger partial charge >= 0.3 is 0 Å². The Kier molecular flexibility index (Phi) is 7.05. The van der Waals surface area contributed by atoms with Gasteiger partial charge < -0.3 is 10.5 Å². The van der Waals surface area contributed by atoms with Gasteiger partial charge in [-0.05, 0) is 12.5 Å². The van der Waals surface area contributed by atoms with Crippen LogP contribution in [0.4, 0.5) is 0 Å². The van der Waals surface area contributed by atoms with Crippen molar-refractivity contribution in [3.8, 4) is 11.8 Å². The summed E-state index contributed by atoms with van der Waals surface area (Å²) in [6.45, 7) is 1.06. The summed E-state index contributed by atoms with van der Waals surface area (Å²) in [6.07, 6.45) is 0.490. The van der Waals surface area contributed by atoms with E-state index >= 15 is 0 Å². The van der Waals surface area contributed by atoms with Crippen molar-refractivity contribution in [2.45, 2.75) is 13.0 Å². The molecule has 1 heterocycles. The molecule has 3 N–H and O–H groups in total. The second-order valence-corrected chi connectivity index (χ2v) is 6.72. The van der Waals surface area contributed by atoms with E-state index in [2.05, 4.69) is 16.6 Å². The van der Waals surface area contributed by atoms with Gasteiger partial charge in [-0.3, -0.25) is 0 Å². The standard InChI is InChI=1S/C12H18N2O3S2/c1-17-6-3-7-19(15,16)14-9-12-8-11(10-18-12)4-2-5-13/h8,10,14H,3,5-7,9,13H2,1H3. The molecule has 0 atom stereocenters. The Morgan fingerprint density at radius 3 is 3.00 bits per heavy atom. The van der Waals surface area contributed by atoms with Crippen LogP contribution in [0.5, 0.6) is 0 Å². The minimum absolute atomic E-state index is 0.0754. The Balaban J connectivity index is 2.45. The van der Waals surface area contributed by atoms with Crippen LogP contribution in [0, 0.1) is 11.8 Å². The van der Waals surface area contributed by atoms with Gasteiger partial charge in [0.25, 0.3) is 0 Å². The van der Waals surface area contributed by atoms with Crippen molar-refractivity contribution in [1.29, 1.82) is 0 Å². The molecular formula is C12H18N2O3S2. The predicted octanol–water partition coefficient (Wildman–Crippen LogP) is 0.514. The van der Waals surface area contributed by atoms with Crippen LogP contribution in [0.3, 0.4) is 0 Å². The molecule has 1 rings (SSSR count). The maximum absolute atomic E-state index is 11.7. The molecule has 1 aromatic heterocycles. The van der Waals surface area contributed by atoms with E-state index in [1.165, 1.54) is 11.3 Å². The number of rotatable bonds is 7. The second kappa shape index (κ2) is 8.30. The highest BCUT2D eigenvalue weighted by molar-refractivity contribution is 7.89. The van der Waals surface area contributed by atoms with E-state index < -0.39 is 10.0 Å². The van der Waals surface area contributed by atoms with Crippen LogP contribution in [0.2, 0.25) is 0 Å². The molecule has 0 unspecified atom stereocenters. The van der Waals surface area contributed by atoms with E-state index in [-0.39, 0.29) is 5.75 Å². The van der Waals surface area contributed by atoms with Gasteiger partial charge in [-0.25, -0.2) is 13.1 Å². The summed E-state index contributed by atoms with van der Waals surface area (Å²) in [6, 6.07) is 1.87. The fourth-order valence-electron chi connectivity index (χ4n) is 1.34. The third kappa shape index (κ3) is 6.71. The molecule has 0 radical (unpaired) electrons. The Morgan fingerprint density at radius 2 is 2.32 bits per heavy atom. The van der Waals surface area contributed by atoms with Crippen molar-refractivity contribution in [3.63, 3.8) is 0 Å². The normalized spacial score (nSPS) is 11.1. The van der Waals surface area contributed by atoms with Crippen LogP contribution in [-0.4, -0.2) is 34.4 Å². The van der Waals surface area contributed by atoms with Crippen LogP contribution in [0.25, 0.3) is 0 Å². The molecule has 0 aliphatic carbocycles. The number of nitrogens with one attached hydrogen (secondary N) is 1. The van der Waals surface area contributed by atoms with Gasteiger partial charge in [0.2, 0.25) is 10.0 Å². The first-order valence-corrected chi connectivity index (χ1v) is 8.33. The summed E-state index contributed by atoms with van der Waals surface area (Å²) in [5.74, 6) is 5.74. The predicted molar refractivity (Wildman–Crippen MR) is 77.4 cm³/mol. The van der Waals surface area contributed by atoms with E-state index in [0.29, 0.717) is 26.1 Å². The van der Waals surface area contributed by atoms with Crippen molar-refractivity contribution in [2.75, 3.05) is 26.0 Å². The molecule has 0 saturated carbocycles. The molecule has 0 saturated heterocycles. The molecule has 7 heteroatoms. The highest BCUT2D eigenvalue weighted by atomic mass is 32.2.